The van der Waals surface area contributed by atoms with E-state index >= 15 is 0 Å². The van der Waals surface area contributed by atoms with E-state index in [0.29, 0.717) is 6.54 Å². The van der Waals surface area contributed by atoms with Gasteiger partial charge in [0, 0.05) is 12.5 Å². The highest BCUT2D eigenvalue weighted by atomic mass is 16.2. The van der Waals surface area contributed by atoms with Crippen molar-refractivity contribution in [3.05, 3.63) is 0 Å². The number of piperidine rings is 1. The molecule has 0 saturated carbocycles. The van der Waals surface area contributed by atoms with Crippen LogP contribution in [0.2, 0.25) is 0 Å². The first-order valence-corrected chi connectivity index (χ1v) is 2.99. The van der Waals surface area contributed by atoms with E-state index in [2.05, 4.69) is 5.32 Å². The summed E-state index contributed by atoms with van der Waals surface area (Å²) in [5, 5.41) is 2.60. The summed E-state index contributed by atoms with van der Waals surface area (Å²) in [6.07, 6.45) is 0.0706. The summed E-state index contributed by atoms with van der Waals surface area (Å²) in [5.41, 5.74) is 0. The molecule has 1 atom stereocenters. The fourth-order valence-corrected chi connectivity index (χ4v) is 0.776. The van der Waals surface area contributed by atoms with Crippen LogP contribution in [0.3, 0.4) is 0 Å². The Morgan fingerprint density at radius 1 is 1.56 bits per heavy atom. The van der Waals surface area contributed by atoms with Gasteiger partial charge in [-0.05, 0) is 0 Å². The lowest BCUT2D eigenvalue weighted by Crippen LogP contribution is -2.39. The van der Waals surface area contributed by atoms with E-state index < -0.39 is 0 Å². The molecule has 1 rings (SSSR count). The highest BCUT2D eigenvalue weighted by Crippen LogP contribution is 2.03. The van der Waals surface area contributed by atoms with Gasteiger partial charge in [0.25, 0.3) is 0 Å². The van der Waals surface area contributed by atoms with Crippen molar-refractivity contribution in [1.82, 2.24) is 5.32 Å². The van der Waals surface area contributed by atoms with Gasteiger partial charge in [-0.1, -0.05) is 6.92 Å². The van der Waals surface area contributed by atoms with Crippen LogP contribution in [0.5, 0.6) is 0 Å². The van der Waals surface area contributed by atoms with Gasteiger partial charge >= 0.3 is 0 Å². The molecule has 0 spiro atoms. The molecule has 3 heteroatoms. The number of carbonyl (C=O) groups is 2. The Hall–Kier alpha value is -0.860. The Balaban J connectivity index is 2.54. The summed E-state index contributed by atoms with van der Waals surface area (Å²) < 4.78 is 0. The smallest absolute Gasteiger partial charge is 0.227 e. The molecule has 1 N–H and O–H groups in total. The van der Waals surface area contributed by atoms with E-state index in [-0.39, 0.29) is 24.0 Å². The van der Waals surface area contributed by atoms with Crippen LogP contribution in [0.1, 0.15) is 13.3 Å². The minimum absolute atomic E-state index is 0.0164. The van der Waals surface area contributed by atoms with Gasteiger partial charge in [0.15, 0.2) is 0 Å². The van der Waals surface area contributed by atoms with E-state index in [1.54, 1.807) is 0 Å². The second-order valence-electron chi connectivity index (χ2n) is 2.35. The van der Waals surface area contributed by atoms with E-state index in [4.69, 9.17) is 0 Å². The van der Waals surface area contributed by atoms with Crippen LogP contribution in [0.25, 0.3) is 0 Å². The molecule has 50 valence electrons. The fraction of sp³-hybridized carbons (Fsp3) is 0.667. The standard InChI is InChI=1S/C6H9NO2/c1-4-3-7-6(9)2-5(4)8/h4H,2-3H2,1H3,(H,7,9)/t4-/m1/s1. The highest BCUT2D eigenvalue weighted by Gasteiger charge is 2.21. The Kier molecular flexibility index (Phi) is 1.51. The SMILES string of the molecule is C[C@@H]1CNC(=O)CC1=O. The molecule has 0 aliphatic carbocycles. The van der Waals surface area contributed by atoms with E-state index in [1.165, 1.54) is 0 Å². The quantitative estimate of drug-likeness (QED) is 0.454. The number of hydrogen-bond acceptors (Lipinski definition) is 2. The maximum Gasteiger partial charge on any atom is 0.227 e. The van der Waals surface area contributed by atoms with Crippen molar-refractivity contribution >= 4 is 11.7 Å². The molecule has 3 nitrogen and oxygen atoms in total. The molecule has 1 saturated heterocycles. The molecule has 0 aromatic carbocycles. The summed E-state index contributed by atoms with van der Waals surface area (Å²) in [6, 6.07) is 0. The van der Waals surface area contributed by atoms with Gasteiger partial charge in [0.2, 0.25) is 5.91 Å². The van der Waals surface area contributed by atoms with Crippen molar-refractivity contribution in [3.63, 3.8) is 0 Å². The lowest BCUT2D eigenvalue weighted by atomic mass is 10.0. The molecule has 1 aliphatic heterocycles. The number of Topliss-reactive ketones (excluding diaryl/α,β-unsaturated/α-hetero) is 1. The van der Waals surface area contributed by atoms with Crippen LogP contribution in [0.4, 0.5) is 0 Å². The molecular weight excluding hydrogens is 118 g/mol. The highest BCUT2D eigenvalue weighted by molar-refractivity contribution is 6.01. The molecular formula is C6H9NO2. The summed E-state index contributed by atoms with van der Waals surface area (Å²) >= 11 is 0. The number of hydrogen-bond donors (Lipinski definition) is 1. The number of nitrogens with one attached hydrogen (secondary N) is 1. The third-order valence-electron chi connectivity index (χ3n) is 1.49. The van der Waals surface area contributed by atoms with Crippen LogP contribution in [0, 0.1) is 5.92 Å². The van der Waals surface area contributed by atoms with E-state index in [1.807, 2.05) is 6.92 Å². The second-order valence-corrected chi connectivity index (χ2v) is 2.35. The average Bonchev–Trinajstić information content (AvgIpc) is 1.80. The third-order valence-corrected chi connectivity index (χ3v) is 1.49. The van der Waals surface area contributed by atoms with Gasteiger partial charge in [0.05, 0.1) is 6.42 Å². The summed E-state index contributed by atoms with van der Waals surface area (Å²) in [4.78, 5) is 21.2. The van der Waals surface area contributed by atoms with Gasteiger partial charge in [0.1, 0.15) is 5.78 Å². The molecule has 1 amide bonds. The molecule has 0 radical (unpaired) electrons. The maximum atomic E-state index is 10.7. The van der Waals surface area contributed by atoms with E-state index in [9.17, 15) is 9.59 Å². The van der Waals surface area contributed by atoms with Crippen molar-refractivity contribution < 1.29 is 9.59 Å². The molecule has 1 fully saturated rings. The van der Waals surface area contributed by atoms with Crippen LogP contribution in [-0.2, 0) is 9.59 Å². The normalized spacial score (nSPS) is 27.9. The first-order valence-electron chi connectivity index (χ1n) is 2.99. The maximum absolute atomic E-state index is 10.7. The lowest BCUT2D eigenvalue weighted by Gasteiger charge is -2.16. The second kappa shape index (κ2) is 2.17. The van der Waals surface area contributed by atoms with Crippen molar-refractivity contribution in [2.45, 2.75) is 13.3 Å². The molecule has 0 unspecified atom stereocenters. The third kappa shape index (κ3) is 1.28. The molecule has 0 aromatic heterocycles. The van der Waals surface area contributed by atoms with Crippen molar-refractivity contribution in [2.75, 3.05) is 6.54 Å². The predicted octanol–water partition coefficient (Wildman–Crippen LogP) is -0.289. The molecule has 0 aromatic rings. The molecule has 1 aliphatic rings. The van der Waals surface area contributed by atoms with E-state index in [0.717, 1.165) is 0 Å². The van der Waals surface area contributed by atoms with Gasteiger partial charge in [-0.25, -0.2) is 0 Å². The first-order chi connectivity index (χ1) is 4.20. The summed E-state index contributed by atoms with van der Waals surface area (Å²) in [7, 11) is 0. The largest absolute Gasteiger partial charge is 0.355 e. The molecule has 9 heavy (non-hydrogen) atoms. The van der Waals surface area contributed by atoms with Gasteiger partial charge in [-0.3, -0.25) is 9.59 Å². The van der Waals surface area contributed by atoms with Crippen LogP contribution >= 0.6 is 0 Å². The zero-order valence-electron chi connectivity index (χ0n) is 5.31. The van der Waals surface area contributed by atoms with Crippen LogP contribution in [-0.4, -0.2) is 18.2 Å². The zero-order valence-corrected chi connectivity index (χ0v) is 5.31. The Morgan fingerprint density at radius 2 is 2.22 bits per heavy atom. The first kappa shape index (κ1) is 6.26. The minimum atomic E-state index is -0.141. The molecule has 1 heterocycles. The Morgan fingerprint density at radius 3 is 2.67 bits per heavy atom. The predicted molar refractivity (Wildman–Crippen MR) is 31.8 cm³/mol. The number of carbonyl (C=O) groups excluding carboxylic acids is 2. The number of rotatable bonds is 0. The topological polar surface area (TPSA) is 46.2 Å². The molecule has 0 bridgehead atoms. The monoisotopic (exact) mass is 127 g/mol. The zero-order chi connectivity index (χ0) is 6.85. The van der Waals surface area contributed by atoms with Gasteiger partial charge in [-0.2, -0.15) is 0 Å². The van der Waals surface area contributed by atoms with Crippen molar-refractivity contribution in [1.29, 1.82) is 0 Å². The minimum Gasteiger partial charge on any atom is -0.355 e. The summed E-state index contributed by atoms with van der Waals surface area (Å²) in [6.45, 7) is 2.33. The average molecular weight is 127 g/mol. The Labute approximate surface area is 53.4 Å². The number of ketones is 1. The van der Waals surface area contributed by atoms with Crippen molar-refractivity contribution in [2.24, 2.45) is 5.92 Å². The number of amides is 1. The van der Waals surface area contributed by atoms with Gasteiger partial charge < -0.3 is 5.32 Å². The Bertz CT molecular complexity index is 153. The van der Waals surface area contributed by atoms with Crippen molar-refractivity contribution in [3.8, 4) is 0 Å². The van der Waals surface area contributed by atoms with Gasteiger partial charge in [-0.15, -0.1) is 0 Å². The summed E-state index contributed by atoms with van der Waals surface area (Å²) in [5.74, 6) is -0.0699. The fourth-order valence-electron chi connectivity index (χ4n) is 0.776. The van der Waals surface area contributed by atoms with Crippen LogP contribution in [0.15, 0.2) is 0 Å². The lowest BCUT2D eigenvalue weighted by molar-refractivity contribution is -0.133. The van der Waals surface area contributed by atoms with Crippen LogP contribution < -0.4 is 5.32 Å².